The van der Waals surface area contributed by atoms with Crippen LogP contribution >= 0.6 is 0 Å². The number of hydrogen-bond acceptors (Lipinski definition) is 4. The number of hydrogen-bond donors (Lipinski definition) is 3. The summed E-state index contributed by atoms with van der Waals surface area (Å²) in [6.07, 6.45) is 3.54. The van der Waals surface area contributed by atoms with Crippen molar-refractivity contribution in [3.63, 3.8) is 0 Å². The van der Waals surface area contributed by atoms with Crippen molar-refractivity contribution in [2.75, 3.05) is 0 Å². The van der Waals surface area contributed by atoms with Gasteiger partial charge in [0.05, 0.1) is 22.8 Å². The number of nitrogens with zero attached hydrogens (tertiary/aromatic N) is 2. The third kappa shape index (κ3) is 3.23. The van der Waals surface area contributed by atoms with E-state index in [1.165, 1.54) is 6.07 Å². The molecular formula is C20H17N5O3. The zero-order valence-electron chi connectivity index (χ0n) is 15.0. The van der Waals surface area contributed by atoms with E-state index in [1.807, 2.05) is 43.5 Å². The van der Waals surface area contributed by atoms with Gasteiger partial charge in [-0.3, -0.25) is 14.4 Å². The molecule has 2 aromatic carbocycles. The normalized spacial score (nSPS) is 12.0. The van der Waals surface area contributed by atoms with Crippen molar-refractivity contribution >= 4 is 16.9 Å². The molecule has 0 spiro atoms. The number of aromatic nitrogens is 4. The van der Waals surface area contributed by atoms with Gasteiger partial charge in [-0.25, -0.2) is 4.68 Å². The molecule has 1 atom stereocenters. The molecule has 0 saturated heterocycles. The average Bonchev–Trinajstić information content (AvgIpc) is 3.23. The molecule has 8 nitrogen and oxygen atoms in total. The Hall–Kier alpha value is -3.94. The Kier molecular flexibility index (Phi) is 4.36. The van der Waals surface area contributed by atoms with E-state index in [4.69, 9.17) is 0 Å². The predicted molar refractivity (Wildman–Crippen MR) is 105 cm³/mol. The minimum atomic E-state index is -0.758. The van der Waals surface area contributed by atoms with Gasteiger partial charge < -0.3 is 15.3 Å². The lowest BCUT2D eigenvalue weighted by atomic mass is 10.1. The summed E-state index contributed by atoms with van der Waals surface area (Å²) in [5.41, 5.74) is 1.53. The lowest BCUT2D eigenvalue weighted by Crippen LogP contribution is -2.29. The highest BCUT2D eigenvalue weighted by Gasteiger charge is 2.16. The zero-order chi connectivity index (χ0) is 19.7. The summed E-state index contributed by atoms with van der Waals surface area (Å²) >= 11 is 0. The molecule has 28 heavy (non-hydrogen) atoms. The standard InChI is InChI=1S/C20H17N5O3/c1-12(14-5-2-3-6-17(14)25-10-4-9-21-25)22-18(26)13-7-8-15-16(11-13)24-20(28)19(27)23-15/h2-12H,1H3,(H,22,26)(H,23,27)(H,24,28). The van der Waals surface area contributed by atoms with Gasteiger partial charge in [-0.1, -0.05) is 18.2 Å². The van der Waals surface area contributed by atoms with Gasteiger partial charge in [0.25, 0.3) is 5.91 Å². The van der Waals surface area contributed by atoms with Gasteiger partial charge in [0.2, 0.25) is 0 Å². The molecule has 0 fully saturated rings. The Labute approximate surface area is 158 Å². The lowest BCUT2D eigenvalue weighted by molar-refractivity contribution is 0.0940. The number of benzene rings is 2. The number of aromatic amines is 2. The Morgan fingerprint density at radius 3 is 2.54 bits per heavy atom. The second-order valence-electron chi connectivity index (χ2n) is 6.37. The van der Waals surface area contributed by atoms with E-state index in [9.17, 15) is 14.4 Å². The van der Waals surface area contributed by atoms with Crippen LogP contribution in [0.15, 0.2) is 70.5 Å². The third-order valence-electron chi connectivity index (χ3n) is 4.49. The molecule has 0 aliphatic carbocycles. The van der Waals surface area contributed by atoms with E-state index in [2.05, 4.69) is 20.4 Å². The number of para-hydroxylation sites is 1. The second kappa shape index (κ2) is 6.99. The van der Waals surface area contributed by atoms with E-state index in [-0.39, 0.29) is 11.9 Å². The molecule has 0 radical (unpaired) electrons. The summed E-state index contributed by atoms with van der Waals surface area (Å²) in [5, 5.41) is 7.22. The van der Waals surface area contributed by atoms with E-state index in [0.29, 0.717) is 16.6 Å². The smallest absolute Gasteiger partial charge is 0.314 e. The number of H-pyrrole nitrogens is 2. The second-order valence-corrected chi connectivity index (χ2v) is 6.37. The molecule has 8 heteroatoms. The maximum absolute atomic E-state index is 12.7. The summed E-state index contributed by atoms with van der Waals surface area (Å²) in [5.74, 6) is -0.295. The predicted octanol–water partition coefficient (Wildman–Crippen LogP) is 1.89. The highest BCUT2D eigenvalue weighted by Crippen LogP contribution is 2.21. The minimum Gasteiger partial charge on any atom is -0.345 e. The monoisotopic (exact) mass is 375 g/mol. The van der Waals surface area contributed by atoms with Gasteiger partial charge >= 0.3 is 11.1 Å². The van der Waals surface area contributed by atoms with Crippen LogP contribution in [0.3, 0.4) is 0 Å². The van der Waals surface area contributed by atoms with Crippen molar-refractivity contribution in [1.82, 2.24) is 25.1 Å². The SMILES string of the molecule is CC(NC(=O)c1ccc2[nH]c(=O)c(=O)[nH]c2c1)c1ccccc1-n1cccn1. The van der Waals surface area contributed by atoms with Crippen molar-refractivity contribution in [3.8, 4) is 5.69 Å². The molecule has 4 rings (SSSR count). The number of fused-ring (bicyclic) bond motifs is 1. The van der Waals surface area contributed by atoms with Crippen LogP contribution in [0.25, 0.3) is 16.7 Å². The van der Waals surface area contributed by atoms with Crippen LogP contribution in [0.4, 0.5) is 0 Å². The van der Waals surface area contributed by atoms with Crippen LogP contribution in [0, 0.1) is 0 Å². The topological polar surface area (TPSA) is 113 Å². The van der Waals surface area contributed by atoms with Crippen LogP contribution in [-0.4, -0.2) is 25.7 Å². The summed E-state index contributed by atoms with van der Waals surface area (Å²) in [4.78, 5) is 40.6. The molecule has 140 valence electrons. The Morgan fingerprint density at radius 1 is 1.04 bits per heavy atom. The number of carbonyl (C=O) groups excluding carboxylic acids is 1. The average molecular weight is 375 g/mol. The highest BCUT2D eigenvalue weighted by atomic mass is 16.2. The molecule has 0 aliphatic heterocycles. The van der Waals surface area contributed by atoms with Gasteiger partial charge in [0.15, 0.2) is 0 Å². The first-order valence-corrected chi connectivity index (χ1v) is 8.69. The van der Waals surface area contributed by atoms with Crippen LogP contribution in [0.1, 0.15) is 28.9 Å². The number of rotatable bonds is 4. The Bertz CT molecular complexity index is 1270. The Balaban J connectivity index is 1.62. The van der Waals surface area contributed by atoms with Gasteiger partial charge in [-0.2, -0.15) is 5.10 Å². The maximum Gasteiger partial charge on any atom is 0.314 e. The van der Waals surface area contributed by atoms with Crippen LogP contribution in [-0.2, 0) is 0 Å². The van der Waals surface area contributed by atoms with Gasteiger partial charge in [0.1, 0.15) is 0 Å². The van der Waals surface area contributed by atoms with Crippen LogP contribution in [0.5, 0.6) is 0 Å². The van der Waals surface area contributed by atoms with E-state index in [1.54, 1.807) is 23.0 Å². The third-order valence-corrected chi connectivity index (χ3v) is 4.49. The fourth-order valence-electron chi connectivity index (χ4n) is 3.09. The number of nitrogens with one attached hydrogen (secondary N) is 3. The van der Waals surface area contributed by atoms with Crippen molar-refractivity contribution in [3.05, 3.63) is 92.8 Å². The molecule has 1 amide bonds. The molecule has 2 aromatic heterocycles. The van der Waals surface area contributed by atoms with Gasteiger partial charge in [-0.05, 0) is 42.8 Å². The molecule has 3 N–H and O–H groups in total. The molecule has 2 heterocycles. The first-order valence-electron chi connectivity index (χ1n) is 8.69. The van der Waals surface area contributed by atoms with Crippen molar-refractivity contribution in [1.29, 1.82) is 0 Å². The molecule has 0 bridgehead atoms. The Morgan fingerprint density at radius 2 is 1.79 bits per heavy atom. The largest absolute Gasteiger partial charge is 0.345 e. The van der Waals surface area contributed by atoms with Gasteiger partial charge in [0, 0.05) is 18.0 Å². The molecule has 0 saturated carbocycles. The quantitative estimate of drug-likeness (QED) is 0.473. The zero-order valence-corrected chi connectivity index (χ0v) is 15.0. The number of carbonyl (C=O) groups is 1. The van der Waals surface area contributed by atoms with Crippen LogP contribution < -0.4 is 16.4 Å². The van der Waals surface area contributed by atoms with E-state index in [0.717, 1.165) is 11.3 Å². The fourth-order valence-corrected chi connectivity index (χ4v) is 3.09. The molecule has 1 unspecified atom stereocenters. The van der Waals surface area contributed by atoms with Crippen molar-refractivity contribution in [2.45, 2.75) is 13.0 Å². The van der Waals surface area contributed by atoms with Crippen molar-refractivity contribution in [2.24, 2.45) is 0 Å². The molecule has 4 aromatic rings. The molecular weight excluding hydrogens is 358 g/mol. The van der Waals surface area contributed by atoms with Crippen molar-refractivity contribution < 1.29 is 4.79 Å². The lowest BCUT2D eigenvalue weighted by Gasteiger charge is -2.18. The van der Waals surface area contributed by atoms with E-state index < -0.39 is 11.1 Å². The fraction of sp³-hybridized carbons (Fsp3) is 0.100. The summed E-state index contributed by atoms with van der Waals surface area (Å²) in [7, 11) is 0. The van der Waals surface area contributed by atoms with E-state index >= 15 is 0 Å². The first kappa shape index (κ1) is 17.5. The highest BCUT2D eigenvalue weighted by molar-refractivity contribution is 5.97. The maximum atomic E-state index is 12.7. The summed E-state index contributed by atoms with van der Waals surface area (Å²) in [6.45, 7) is 1.89. The van der Waals surface area contributed by atoms with Gasteiger partial charge in [-0.15, -0.1) is 0 Å². The molecule has 0 aliphatic rings. The van der Waals surface area contributed by atoms with Crippen LogP contribution in [0.2, 0.25) is 0 Å². The summed E-state index contributed by atoms with van der Waals surface area (Å²) in [6, 6.07) is 14.0. The minimum absolute atomic E-state index is 0.279. The first-order chi connectivity index (χ1) is 13.5. The summed E-state index contributed by atoms with van der Waals surface area (Å²) < 4.78 is 1.75. The number of amides is 1.